The van der Waals surface area contributed by atoms with Gasteiger partial charge in [-0.25, -0.2) is 9.97 Å². The molecule has 0 amide bonds. The van der Waals surface area contributed by atoms with E-state index in [4.69, 9.17) is 4.74 Å². The van der Waals surface area contributed by atoms with Gasteiger partial charge in [-0.1, -0.05) is 12.1 Å². The number of benzene rings is 1. The molecule has 1 aliphatic rings. The van der Waals surface area contributed by atoms with Crippen molar-refractivity contribution in [2.24, 2.45) is 13.0 Å². The van der Waals surface area contributed by atoms with Gasteiger partial charge in [-0.15, -0.1) is 0 Å². The highest BCUT2D eigenvalue weighted by Gasteiger charge is 2.26. The number of hydrogen-bond acceptors (Lipinski definition) is 7. The zero-order chi connectivity index (χ0) is 21.1. The summed E-state index contributed by atoms with van der Waals surface area (Å²) in [6, 6.07) is 6.02. The molecule has 0 spiro atoms. The molecule has 2 aromatic heterocycles. The molecule has 1 saturated heterocycles. The van der Waals surface area contributed by atoms with Crippen LogP contribution in [-0.2, 0) is 27.8 Å². The summed E-state index contributed by atoms with van der Waals surface area (Å²) in [4.78, 5) is 35.2. The van der Waals surface area contributed by atoms with E-state index in [1.165, 1.54) is 7.11 Å². The number of ketones is 1. The highest BCUT2D eigenvalue weighted by Crippen LogP contribution is 2.24. The minimum Gasteiger partial charge on any atom is -0.468 e. The number of aryl methyl sites for hydroxylation is 1. The second-order valence-electron chi connectivity index (χ2n) is 7.73. The third-order valence-corrected chi connectivity index (χ3v) is 5.63. The van der Waals surface area contributed by atoms with Crippen molar-refractivity contribution in [1.82, 2.24) is 24.6 Å². The molecule has 1 aliphatic heterocycles. The molecule has 8 nitrogen and oxygen atoms in total. The van der Waals surface area contributed by atoms with Gasteiger partial charge in [0.05, 0.1) is 31.8 Å². The van der Waals surface area contributed by atoms with E-state index in [0.29, 0.717) is 5.82 Å². The zero-order valence-corrected chi connectivity index (χ0v) is 17.2. The molecule has 0 aliphatic carbocycles. The Hall–Kier alpha value is -3.13. The average Bonchev–Trinajstić information content (AvgIpc) is 3.20. The quantitative estimate of drug-likeness (QED) is 0.578. The standard InChI is InChI=1S/C22H25N5O3/c1-26-13-18(12-24-26)16-3-4-17-11-23-21(25-19(17)9-16)10-20(28)15-5-7-27(8-6-15)14-22(29)30-2/h3-4,9,11-13,15H,5-8,10,14H2,1-2H3. The van der Waals surface area contributed by atoms with Gasteiger partial charge in [-0.2, -0.15) is 5.10 Å². The summed E-state index contributed by atoms with van der Waals surface area (Å²) in [5.74, 6) is 0.457. The number of carbonyl (C=O) groups excluding carboxylic acids is 2. The Morgan fingerprint density at radius 3 is 2.67 bits per heavy atom. The molecular formula is C22H25N5O3. The van der Waals surface area contributed by atoms with Crippen LogP contribution in [0.25, 0.3) is 22.0 Å². The third kappa shape index (κ3) is 4.54. The molecule has 0 unspecified atom stereocenters. The number of ether oxygens (including phenoxy) is 1. The summed E-state index contributed by atoms with van der Waals surface area (Å²) < 4.78 is 6.47. The van der Waals surface area contributed by atoms with Crippen molar-refractivity contribution >= 4 is 22.7 Å². The molecule has 8 heteroatoms. The van der Waals surface area contributed by atoms with Gasteiger partial charge >= 0.3 is 5.97 Å². The number of likely N-dealkylation sites (tertiary alicyclic amines) is 1. The Kier molecular flexibility index (Phi) is 5.85. The molecule has 4 rings (SSSR count). The van der Waals surface area contributed by atoms with Gasteiger partial charge in [0, 0.05) is 36.3 Å². The fourth-order valence-corrected chi connectivity index (χ4v) is 3.86. The number of aromatic nitrogens is 4. The van der Waals surface area contributed by atoms with Crippen LogP contribution in [0, 0.1) is 5.92 Å². The number of carbonyl (C=O) groups is 2. The van der Waals surface area contributed by atoms with Crippen LogP contribution >= 0.6 is 0 Å². The second-order valence-corrected chi connectivity index (χ2v) is 7.73. The predicted octanol–water partition coefficient (Wildman–Crippen LogP) is 2.03. The van der Waals surface area contributed by atoms with Crippen molar-refractivity contribution in [3.05, 3.63) is 42.6 Å². The Labute approximate surface area is 174 Å². The van der Waals surface area contributed by atoms with Gasteiger partial charge in [0.1, 0.15) is 11.6 Å². The number of Topliss-reactive ketones (excluding diaryl/α,β-unsaturated/α-hetero) is 1. The summed E-state index contributed by atoms with van der Waals surface area (Å²) in [7, 11) is 3.28. The van der Waals surface area contributed by atoms with Crippen LogP contribution in [0.2, 0.25) is 0 Å². The van der Waals surface area contributed by atoms with Crippen LogP contribution in [0.5, 0.6) is 0 Å². The molecule has 3 heterocycles. The molecule has 3 aromatic rings. The van der Waals surface area contributed by atoms with Gasteiger partial charge in [-0.05, 0) is 37.6 Å². The maximum absolute atomic E-state index is 12.8. The van der Waals surface area contributed by atoms with Crippen LogP contribution < -0.4 is 0 Å². The molecule has 0 radical (unpaired) electrons. The fourth-order valence-electron chi connectivity index (χ4n) is 3.86. The number of nitrogens with zero attached hydrogens (tertiary/aromatic N) is 5. The molecule has 1 fully saturated rings. The first kappa shape index (κ1) is 20.2. The van der Waals surface area contributed by atoms with E-state index in [2.05, 4.69) is 15.1 Å². The van der Waals surface area contributed by atoms with Gasteiger partial charge in [0.2, 0.25) is 0 Å². The van der Waals surface area contributed by atoms with Crippen molar-refractivity contribution in [1.29, 1.82) is 0 Å². The van der Waals surface area contributed by atoms with Gasteiger partial charge < -0.3 is 4.74 Å². The smallest absolute Gasteiger partial charge is 0.319 e. The first-order chi connectivity index (χ1) is 14.5. The third-order valence-electron chi connectivity index (χ3n) is 5.63. The van der Waals surface area contributed by atoms with Crippen molar-refractivity contribution < 1.29 is 14.3 Å². The topological polar surface area (TPSA) is 90.2 Å². The summed E-state index contributed by atoms with van der Waals surface area (Å²) in [5.41, 5.74) is 2.88. The molecular weight excluding hydrogens is 382 g/mol. The van der Waals surface area contributed by atoms with Crippen LogP contribution in [-0.4, -0.2) is 63.1 Å². The lowest BCUT2D eigenvalue weighted by Gasteiger charge is -2.30. The van der Waals surface area contributed by atoms with E-state index < -0.39 is 0 Å². The number of methoxy groups -OCH3 is 1. The van der Waals surface area contributed by atoms with Crippen LogP contribution in [0.4, 0.5) is 0 Å². The Morgan fingerprint density at radius 2 is 1.97 bits per heavy atom. The molecule has 0 bridgehead atoms. The van der Waals surface area contributed by atoms with Crippen molar-refractivity contribution in [2.45, 2.75) is 19.3 Å². The van der Waals surface area contributed by atoms with Crippen molar-refractivity contribution in [2.75, 3.05) is 26.7 Å². The van der Waals surface area contributed by atoms with Crippen molar-refractivity contribution in [3.8, 4) is 11.1 Å². The largest absolute Gasteiger partial charge is 0.468 e. The van der Waals surface area contributed by atoms with Crippen molar-refractivity contribution in [3.63, 3.8) is 0 Å². The average molecular weight is 407 g/mol. The number of esters is 1. The first-order valence-electron chi connectivity index (χ1n) is 10.1. The fraction of sp³-hybridized carbons (Fsp3) is 0.409. The lowest BCUT2D eigenvalue weighted by molar-refractivity contribution is -0.142. The Balaban J connectivity index is 1.42. The Bertz CT molecular complexity index is 1070. The monoisotopic (exact) mass is 407 g/mol. The molecule has 0 atom stereocenters. The summed E-state index contributed by atoms with van der Waals surface area (Å²) >= 11 is 0. The van der Waals surface area contributed by atoms with E-state index in [9.17, 15) is 9.59 Å². The number of hydrogen-bond donors (Lipinski definition) is 0. The normalized spacial score (nSPS) is 15.4. The maximum Gasteiger partial charge on any atom is 0.319 e. The summed E-state index contributed by atoms with van der Waals surface area (Å²) in [5, 5.41) is 5.16. The van der Waals surface area contributed by atoms with Gasteiger partial charge in [-0.3, -0.25) is 19.2 Å². The maximum atomic E-state index is 12.8. The number of piperidine rings is 1. The summed E-state index contributed by atoms with van der Waals surface area (Å²) in [6.07, 6.45) is 7.27. The van der Waals surface area contributed by atoms with Crippen LogP contribution in [0.1, 0.15) is 18.7 Å². The number of fused-ring (bicyclic) bond motifs is 1. The van der Waals surface area contributed by atoms with Crippen LogP contribution in [0.15, 0.2) is 36.8 Å². The van der Waals surface area contributed by atoms with E-state index in [-0.39, 0.29) is 30.6 Å². The van der Waals surface area contributed by atoms with E-state index in [0.717, 1.165) is 48.0 Å². The minimum atomic E-state index is -0.241. The summed E-state index contributed by atoms with van der Waals surface area (Å²) in [6.45, 7) is 1.72. The van der Waals surface area contributed by atoms with Gasteiger partial charge in [0.15, 0.2) is 0 Å². The molecule has 1 aromatic carbocycles. The molecule has 156 valence electrons. The Morgan fingerprint density at radius 1 is 1.17 bits per heavy atom. The SMILES string of the molecule is COC(=O)CN1CCC(C(=O)Cc2ncc3ccc(-c4cnn(C)c4)cc3n2)CC1. The van der Waals surface area contributed by atoms with E-state index >= 15 is 0 Å². The van der Waals surface area contributed by atoms with E-state index in [1.54, 1.807) is 10.9 Å². The molecule has 0 saturated carbocycles. The zero-order valence-electron chi connectivity index (χ0n) is 17.2. The molecule has 0 N–H and O–H groups in total. The minimum absolute atomic E-state index is 0.0140. The highest BCUT2D eigenvalue weighted by molar-refractivity contribution is 5.85. The lowest BCUT2D eigenvalue weighted by Crippen LogP contribution is -2.39. The lowest BCUT2D eigenvalue weighted by atomic mass is 9.91. The predicted molar refractivity (Wildman–Crippen MR) is 112 cm³/mol. The molecule has 30 heavy (non-hydrogen) atoms. The first-order valence-corrected chi connectivity index (χ1v) is 10.1. The van der Waals surface area contributed by atoms with Gasteiger partial charge in [0.25, 0.3) is 0 Å². The number of rotatable bonds is 6. The second kappa shape index (κ2) is 8.71. The highest BCUT2D eigenvalue weighted by atomic mass is 16.5. The van der Waals surface area contributed by atoms with E-state index in [1.807, 2.05) is 42.5 Å². The van der Waals surface area contributed by atoms with Crippen LogP contribution in [0.3, 0.4) is 0 Å².